The molecule has 0 aliphatic carbocycles. The van der Waals surface area contributed by atoms with E-state index in [9.17, 15) is 9.59 Å². The minimum absolute atomic E-state index is 0.0659. The molecule has 2 aromatic heterocycles. The number of para-hydroxylation sites is 1. The number of aromatic amines is 1. The second kappa shape index (κ2) is 6.67. The lowest BCUT2D eigenvalue weighted by Crippen LogP contribution is -2.29. The highest BCUT2D eigenvalue weighted by atomic mass is 35.5. The Balaban J connectivity index is 2.14. The Morgan fingerprint density at radius 2 is 1.78 bits per heavy atom. The van der Waals surface area contributed by atoms with E-state index in [4.69, 9.17) is 11.6 Å². The maximum Gasteiger partial charge on any atom is 0.271 e. The number of aromatic nitrogens is 3. The molecule has 5 nitrogen and oxygen atoms in total. The Labute approximate surface area is 160 Å². The highest BCUT2D eigenvalue weighted by molar-refractivity contribution is 6.30. The van der Waals surface area contributed by atoms with Crippen LogP contribution in [0, 0.1) is 5.92 Å². The van der Waals surface area contributed by atoms with Gasteiger partial charge in [0.1, 0.15) is 16.9 Å². The summed E-state index contributed by atoms with van der Waals surface area (Å²) in [7, 11) is 0. The number of H-pyrrole nitrogens is 1. The van der Waals surface area contributed by atoms with Gasteiger partial charge >= 0.3 is 0 Å². The summed E-state index contributed by atoms with van der Waals surface area (Å²) in [4.78, 5) is 34.1. The minimum Gasteiger partial charge on any atom is -0.339 e. The third kappa shape index (κ3) is 3.04. The van der Waals surface area contributed by atoms with Crippen LogP contribution in [0.25, 0.3) is 27.6 Å². The first-order valence-corrected chi connectivity index (χ1v) is 9.16. The van der Waals surface area contributed by atoms with E-state index in [1.807, 2.05) is 12.1 Å². The highest BCUT2D eigenvalue weighted by Gasteiger charge is 2.18. The number of nitrogens with zero attached hydrogens (tertiary/aromatic N) is 2. The molecule has 27 heavy (non-hydrogen) atoms. The number of nitrogens with one attached hydrogen (secondary N) is 1. The van der Waals surface area contributed by atoms with Crippen LogP contribution in [0.1, 0.15) is 19.7 Å². The quantitative estimate of drug-likeness (QED) is 0.545. The Morgan fingerprint density at radius 3 is 2.48 bits per heavy atom. The number of benzene rings is 2. The van der Waals surface area contributed by atoms with Crippen molar-refractivity contribution in [2.75, 3.05) is 0 Å². The number of hydrogen-bond donors (Lipinski definition) is 1. The fourth-order valence-corrected chi connectivity index (χ4v) is 3.40. The molecule has 2 heterocycles. The third-order valence-corrected chi connectivity index (χ3v) is 4.73. The minimum atomic E-state index is -0.370. The van der Waals surface area contributed by atoms with Crippen LogP contribution in [0.3, 0.4) is 0 Å². The smallest absolute Gasteiger partial charge is 0.271 e. The first-order chi connectivity index (χ1) is 13.0. The van der Waals surface area contributed by atoms with Crippen LogP contribution in [0.5, 0.6) is 0 Å². The van der Waals surface area contributed by atoms with E-state index in [0.717, 1.165) is 0 Å². The summed E-state index contributed by atoms with van der Waals surface area (Å²) in [5, 5.41) is 1.12. The molecule has 0 fully saturated rings. The molecular weight excluding hydrogens is 362 g/mol. The van der Waals surface area contributed by atoms with Gasteiger partial charge in [0.15, 0.2) is 0 Å². The molecule has 2 aromatic carbocycles. The van der Waals surface area contributed by atoms with E-state index in [0.29, 0.717) is 45.4 Å². The highest BCUT2D eigenvalue weighted by Crippen LogP contribution is 2.18. The van der Waals surface area contributed by atoms with E-state index < -0.39 is 0 Å². The second-order valence-electron chi connectivity index (χ2n) is 6.97. The van der Waals surface area contributed by atoms with Crippen LogP contribution < -0.4 is 11.0 Å². The van der Waals surface area contributed by atoms with Crippen molar-refractivity contribution >= 4 is 33.5 Å². The Hall–Kier alpha value is -2.92. The monoisotopic (exact) mass is 379 g/mol. The summed E-state index contributed by atoms with van der Waals surface area (Å²) in [6, 6.07) is 14.1. The van der Waals surface area contributed by atoms with Crippen molar-refractivity contribution in [2.45, 2.75) is 20.3 Å². The van der Waals surface area contributed by atoms with Crippen molar-refractivity contribution in [2.24, 2.45) is 5.92 Å². The molecule has 0 atom stereocenters. The SMILES string of the molecule is CC(C)Cc1nc2[nH]c3ccccc3c(=O)c2c(=O)n1-c1ccc(Cl)cc1. The average molecular weight is 380 g/mol. The van der Waals surface area contributed by atoms with Crippen molar-refractivity contribution in [3.63, 3.8) is 0 Å². The molecule has 0 aliphatic rings. The van der Waals surface area contributed by atoms with Crippen LogP contribution >= 0.6 is 11.6 Å². The molecule has 1 N–H and O–H groups in total. The fraction of sp³-hybridized carbons (Fsp3) is 0.190. The van der Waals surface area contributed by atoms with E-state index in [1.165, 1.54) is 4.57 Å². The van der Waals surface area contributed by atoms with Gasteiger partial charge in [0, 0.05) is 16.8 Å². The Morgan fingerprint density at radius 1 is 1.07 bits per heavy atom. The predicted octanol–water partition coefficient (Wildman–Crippen LogP) is 4.08. The van der Waals surface area contributed by atoms with Crippen LogP contribution in [-0.4, -0.2) is 14.5 Å². The van der Waals surface area contributed by atoms with Gasteiger partial charge in [-0.2, -0.15) is 0 Å². The number of hydrogen-bond acceptors (Lipinski definition) is 3. The average Bonchev–Trinajstić information content (AvgIpc) is 2.62. The molecule has 0 bridgehead atoms. The van der Waals surface area contributed by atoms with E-state index in [-0.39, 0.29) is 16.4 Å². The van der Waals surface area contributed by atoms with Crippen molar-refractivity contribution in [1.29, 1.82) is 0 Å². The van der Waals surface area contributed by atoms with Crippen LogP contribution in [0.2, 0.25) is 5.02 Å². The summed E-state index contributed by atoms with van der Waals surface area (Å²) < 4.78 is 1.52. The molecule has 0 amide bonds. The lowest BCUT2D eigenvalue weighted by molar-refractivity contribution is 0.605. The molecule has 0 saturated carbocycles. The van der Waals surface area contributed by atoms with Crippen molar-refractivity contribution in [1.82, 2.24) is 14.5 Å². The van der Waals surface area contributed by atoms with Crippen LogP contribution in [0.15, 0.2) is 58.1 Å². The van der Waals surface area contributed by atoms with Crippen molar-refractivity contribution < 1.29 is 0 Å². The normalized spacial score (nSPS) is 11.6. The first kappa shape index (κ1) is 17.5. The summed E-state index contributed by atoms with van der Waals surface area (Å²) in [6.45, 7) is 4.12. The largest absolute Gasteiger partial charge is 0.339 e. The molecule has 0 aliphatic heterocycles. The molecular formula is C21H18ClN3O2. The van der Waals surface area contributed by atoms with Gasteiger partial charge < -0.3 is 4.98 Å². The lowest BCUT2D eigenvalue weighted by Gasteiger charge is -2.15. The van der Waals surface area contributed by atoms with Gasteiger partial charge in [0.25, 0.3) is 5.56 Å². The molecule has 0 unspecified atom stereocenters. The molecule has 4 aromatic rings. The summed E-state index contributed by atoms with van der Waals surface area (Å²) >= 11 is 5.99. The van der Waals surface area contributed by atoms with E-state index in [2.05, 4.69) is 23.8 Å². The lowest BCUT2D eigenvalue weighted by atomic mass is 10.1. The number of rotatable bonds is 3. The summed E-state index contributed by atoms with van der Waals surface area (Å²) in [5.74, 6) is 0.899. The molecule has 0 radical (unpaired) electrons. The molecule has 6 heteroatoms. The molecule has 0 spiro atoms. The Bertz CT molecular complexity index is 1270. The summed E-state index contributed by atoms with van der Waals surface area (Å²) in [6.07, 6.45) is 0.600. The second-order valence-corrected chi connectivity index (χ2v) is 7.40. The van der Waals surface area contributed by atoms with Gasteiger partial charge in [-0.3, -0.25) is 14.2 Å². The number of pyridine rings is 1. The number of halogens is 1. The van der Waals surface area contributed by atoms with Gasteiger partial charge in [0.2, 0.25) is 5.43 Å². The zero-order valence-electron chi connectivity index (χ0n) is 15.0. The van der Waals surface area contributed by atoms with Gasteiger partial charge in [-0.1, -0.05) is 37.6 Å². The van der Waals surface area contributed by atoms with Gasteiger partial charge in [-0.05, 0) is 42.3 Å². The molecule has 4 rings (SSSR count). The standard InChI is InChI=1S/C21H18ClN3O2/c1-12(2)11-17-24-20-18(19(26)15-5-3-4-6-16(15)23-20)21(27)25(17)14-9-7-13(22)8-10-14/h3-10,12H,11H2,1-2H3,(H,23,26). The van der Waals surface area contributed by atoms with Crippen molar-refractivity contribution in [3.8, 4) is 5.69 Å². The Kier molecular flexibility index (Phi) is 4.32. The fourth-order valence-electron chi connectivity index (χ4n) is 3.27. The maximum absolute atomic E-state index is 13.4. The van der Waals surface area contributed by atoms with Crippen LogP contribution in [-0.2, 0) is 6.42 Å². The molecule has 0 saturated heterocycles. The zero-order valence-corrected chi connectivity index (χ0v) is 15.7. The maximum atomic E-state index is 13.4. The van der Waals surface area contributed by atoms with E-state index >= 15 is 0 Å². The third-order valence-electron chi connectivity index (χ3n) is 4.48. The van der Waals surface area contributed by atoms with Gasteiger partial charge in [0.05, 0.1) is 11.2 Å². The topological polar surface area (TPSA) is 67.8 Å². The van der Waals surface area contributed by atoms with Gasteiger partial charge in [-0.15, -0.1) is 0 Å². The number of fused-ring (bicyclic) bond motifs is 2. The molecule has 136 valence electrons. The summed E-state index contributed by atoms with van der Waals surface area (Å²) in [5.41, 5.74) is 0.953. The van der Waals surface area contributed by atoms with Crippen molar-refractivity contribution in [3.05, 3.63) is 80.0 Å². The van der Waals surface area contributed by atoms with E-state index in [1.54, 1.807) is 36.4 Å². The zero-order chi connectivity index (χ0) is 19.1. The van der Waals surface area contributed by atoms with Crippen LogP contribution in [0.4, 0.5) is 0 Å². The predicted molar refractivity (Wildman–Crippen MR) is 109 cm³/mol. The first-order valence-electron chi connectivity index (χ1n) is 8.78. The van der Waals surface area contributed by atoms with Gasteiger partial charge in [-0.25, -0.2) is 4.98 Å².